The number of amides is 2. The van der Waals surface area contributed by atoms with Crippen LogP contribution in [0.1, 0.15) is 45.1 Å². The molecule has 0 saturated carbocycles. The van der Waals surface area contributed by atoms with E-state index in [9.17, 15) is 9.59 Å². The predicted molar refractivity (Wildman–Crippen MR) is 95.9 cm³/mol. The number of rotatable bonds is 8. The lowest BCUT2D eigenvalue weighted by molar-refractivity contribution is -0.122. The molecule has 1 rings (SSSR count). The van der Waals surface area contributed by atoms with Crippen LogP contribution in [0, 0.1) is 12.8 Å². The molecule has 0 spiro atoms. The summed E-state index contributed by atoms with van der Waals surface area (Å²) in [4.78, 5) is 25.3. The van der Waals surface area contributed by atoms with Gasteiger partial charge in [-0.15, -0.1) is 0 Å². The molecule has 0 heterocycles. The molecule has 5 heteroatoms. The third-order valence-corrected chi connectivity index (χ3v) is 4.37. The zero-order chi connectivity index (χ0) is 17.4. The molecule has 0 aliphatic heterocycles. The van der Waals surface area contributed by atoms with Crippen molar-refractivity contribution in [1.82, 2.24) is 5.32 Å². The first-order valence-corrected chi connectivity index (χ1v) is 8.52. The SMILES string of the molecule is CCCC(CCCNC(C)=O)C(=O)N(C)c1ccc(C)c(Cl)c1. The Hall–Kier alpha value is -1.55. The van der Waals surface area contributed by atoms with E-state index in [2.05, 4.69) is 12.2 Å². The van der Waals surface area contributed by atoms with E-state index in [-0.39, 0.29) is 17.7 Å². The number of hydrogen-bond donors (Lipinski definition) is 1. The molecule has 0 saturated heterocycles. The number of aryl methyl sites for hydroxylation is 1. The Bertz CT molecular complexity index is 546. The summed E-state index contributed by atoms with van der Waals surface area (Å²) < 4.78 is 0. The van der Waals surface area contributed by atoms with Crippen LogP contribution in [0.5, 0.6) is 0 Å². The zero-order valence-electron chi connectivity index (χ0n) is 14.5. The second kappa shape index (κ2) is 9.56. The fourth-order valence-electron chi connectivity index (χ4n) is 2.54. The Labute approximate surface area is 144 Å². The summed E-state index contributed by atoms with van der Waals surface area (Å²) in [7, 11) is 1.79. The van der Waals surface area contributed by atoms with E-state index >= 15 is 0 Å². The van der Waals surface area contributed by atoms with Gasteiger partial charge in [-0.25, -0.2) is 0 Å². The molecule has 0 bridgehead atoms. The number of nitrogens with zero attached hydrogens (tertiary/aromatic N) is 1. The smallest absolute Gasteiger partial charge is 0.229 e. The fourth-order valence-corrected chi connectivity index (χ4v) is 2.72. The van der Waals surface area contributed by atoms with Crippen molar-refractivity contribution < 1.29 is 9.59 Å². The number of carbonyl (C=O) groups is 2. The molecule has 0 aliphatic carbocycles. The summed E-state index contributed by atoms with van der Waals surface area (Å²) in [6, 6.07) is 5.67. The third-order valence-electron chi connectivity index (χ3n) is 3.96. The van der Waals surface area contributed by atoms with Gasteiger partial charge in [-0.2, -0.15) is 0 Å². The van der Waals surface area contributed by atoms with Crippen molar-refractivity contribution in [2.24, 2.45) is 5.92 Å². The van der Waals surface area contributed by atoms with Crippen LogP contribution >= 0.6 is 11.6 Å². The van der Waals surface area contributed by atoms with Crippen molar-refractivity contribution in [3.8, 4) is 0 Å². The molecule has 1 atom stereocenters. The molecule has 4 nitrogen and oxygen atoms in total. The Morgan fingerprint density at radius 2 is 2.00 bits per heavy atom. The highest BCUT2D eigenvalue weighted by Crippen LogP contribution is 2.25. The van der Waals surface area contributed by atoms with Crippen LogP contribution in [0.2, 0.25) is 5.02 Å². The molecule has 0 aliphatic rings. The quantitative estimate of drug-likeness (QED) is 0.730. The van der Waals surface area contributed by atoms with E-state index in [1.807, 2.05) is 25.1 Å². The van der Waals surface area contributed by atoms with E-state index in [4.69, 9.17) is 11.6 Å². The van der Waals surface area contributed by atoms with Crippen molar-refractivity contribution in [2.45, 2.75) is 46.5 Å². The molecule has 1 aromatic carbocycles. The lowest BCUT2D eigenvalue weighted by Crippen LogP contribution is -2.33. The van der Waals surface area contributed by atoms with Gasteiger partial charge in [-0.05, 0) is 43.9 Å². The second-order valence-electron chi connectivity index (χ2n) is 5.94. The molecule has 2 amide bonds. The standard InChI is InChI=1S/C18H27ClN2O2/c1-5-7-15(8-6-11-20-14(3)22)18(23)21(4)16-10-9-13(2)17(19)12-16/h9-10,12,15H,5-8,11H2,1-4H3,(H,20,22). The van der Waals surface area contributed by atoms with Crippen molar-refractivity contribution in [2.75, 3.05) is 18.5 Å². The highest BCUT2D eigenvalue weighted by Gasteiger charge is 2.22. The predicted octanol–water partition coefficient (Wildman–Crippen LogP) is 3.94. The van der Waals surface area contributed by atoms with Gasteiger partial charge in [0.15, 0.2) is 0 Å². The first-order valence-electron chi connectivity index (χ1n) is 8.15. The Morgan fingerprint density at radius 1 is 1.30 bits per heavy atom. The van der Waals surface area contributed by atoms with Crippen molar-refractivity contribution in [3.05, 3.63) is 28.8 Å². The highest BCUT2D eigenvalue weighted by atomic mass is 35.5. The van der Waals surface area contributed by atoms with E-state index in [0.29, 0.717) is 11.6 Å². The van der Waals surface area contributed by atoms with Crippen molar-refractivity contribution >= 4 is 29.1 Å². The molecule has 128 valence electrons. The Balaban J connectivity index is 2.70. The van der Waals surface area contributed by atoms with E-state index in [0.717, 1.165) is 36.9 Å². The largest absolute Gasteiger partial charge is 0.356 e. The molecule has 1 N–H and O–H groups in total. The summed E-state index contributed by atoms with van der Waals surface area (Å²) in [6.07, 6.45) is 3.39. The normalized spacial score (nSPS) is 11.9. The molecular formula is C18H27ClN2O2. The lowest BCUT2D eigenvalue weighted by atomic mass is 9.96. The number of hydrogen-bond acceptors (Lipinski definition) is 2. The highest BCUT2D eigenvalue weighted by molar-refractivity contribution is 6.31. The number of carbonyl (C=O) groups excluding carboxylic acids is 2. The molecule has 1 aromatic rings. The zero-order valence-corrected chi connectivity index (χ0v) is 15.2. The monoisotopic (exact) mass is 338 g/mol. The fraction of sp³-hybridized carbons (Fsp3) is 0.556. The maximum absolute atomic E-state index is 12.8. The maximum Gasteiger partial charge on any atom is 0.229 e. The van der Waals surface area contributed by atoms with Gasteiger partial charge in [-0.3, -0.25) is 9.59 Å². The lowest BCUT2D eigenvalue weighted by Gasteiger charge is -2.24. The topological polar surface area (TPSA) is 49.4 Å². The van der Waals surface area contributed by atoms with Crippen LogP contribution in [0.4, 0.5) is 5.69 Å². The van der Waals surface area contributed by atoms with Gasteiger partial charge in [0.05, 0.1) is 0 Å². The van der Waals surface area contributed by atoms with Gasteiger partial charge < -0.3 is 10.2 Å². The average Bonchev–Trinajstić information content (AvgIpc) is 2.51. The maximum atomic E-state index is 12.8. The summed E-state index contributed by atoms with van der Waals surface area (Å²) in [6.45, 7) is 6.14. The van der Waals surface area contributed by atoms with Gasteiger partial charge in [-0.1, -0.05) is 31.0 Å². The minimum Gasteiger partial charge on any atom is -0.356 e. The third kappa shape index (κ3) is 6.22. The summed E-state index contributed by atoms with van der Waals surface area (Å²) in [5.41, 5.74) is 1.81. The number of nitrogens with one attached hydrogen (secondary N) is 1. The van der Waals surface area contributed by atoms with Crippen LogP contribution in [0.25, 0.3) is 0 Å². The Kier molecular flexibility index (Phi) is 8.10. The Morgan fingerprint density at radius 3 is 2.57 bits per heavy atom. The average molecular weight is 339 g/mol. The first-order chi connectivity index (χ1) is 10.9. The molecule has 0 aromatic heterocycles. The van der Waals surface area contributed by atoms with Crippen LogP contribution in [0.3, 0.4) is 0 Å². The second-order valence-corrected chi connectivity index (χ2v) is 6.35. The van der Waals surface area contributed by atoms with Crippen molar-refractivity contribution in [1.29, 1.82) is 0 Å². The molecular weight excluding hydrogens is 312 g/mol. The minimum absolute atomic E-state index is 0.0289. The minimum atomic E-state index is -0.0326. The van der Waals surface area contributed by atoms with Gasteiger partial charge >= 0.3 is 0 Å². The molecule has 0 fully saturated rings. The summed E-state index contributed by atoms with van der Waals surface area (Å²) >= 11 is 6.16. The van der Waals surface area contributed by atoms with Gasteiger partial charge in [0, 0.05) is 37.1 Å². The van der Waals surface area contributed by atoms with Gasteiger partial charge in [0.25, 0.3) is 0 Å². The van der Waals surface area contributed by atoms with Gasteiger partial charge in [0.2, 0.25) is 11.8 Å². The summed E-state index contributed by atoms with van der Waals surface area (Å²) in [5.74, 6) is 0.0446. The van der Waals surface area contributed by atoms with Crippen molar-refractivity contribution in [3.63, 3.8) is 0 Å². The number of anilines is 1. The van der Waals surface area contributed by atoms with E-state index < -0.39 is 0 Å². The van der Waals surface area contributed by atoms with Crippen LogP contribution in [-0.4, -0.2) is 25.4 Å². The van der Waals surface area contributed by atoms with E-state index in [1.165, 1.54) is 6.92 Å². The molecule has 0 radical (unpaired) electrons. The van der Waals surface area contributed by atoms with E-state index in [1.54, 1.807) is 11.9 Å². The number of benzene rings is 1. The van der Waals surface area contributed by atoms with Crippen LogP contribution < -0.4 is 10.2 Å². The van der Waals surface area contributed by atoms with Crippen LogP contribution in [0.15, 0.2) is 18.2 Å². The first kappa shape index (κ1) is 19.5. The van der Waals surface area contributed by atoms with Crippen LogP contribution in [-0.2, 0) is 9.59 Å². The molecule has 1 unspecified atom stereocenters. The van der Waals surface area contributed by atoms with Gasteiger partial charge in [0.1, 0.15) is 0 Å². The summed E-state index contributed by atoms with van der Waals surface area (Å²) in [5, 5.41) is 3.44. The molecule has 23 heavy (non-hydrogen) atoms. The number of halogens is 1.